The minimum atomic E-state index is -1.32. The van der Waals surface area contributed by atoms with E-state index in [0.717, 1.165) is 31.2 Å². The van der Waals surface area contributed by atoms with Crippen LogP contribution in [0.3, 0.4) is 0 Å². The SMILES string of the molecule is CCCc1ccc(OC)c(C(N)(C(=O)O)C2CC2)c1. The van der Waals surface area contributed by atoms with E-state index in [9.17, 15) is 9.90 Å². The number of aliphatic carboxylic acids is 1. The van der Waals surface area contributed by atoms with Crippen LogP contribution < -0.4 is 10.5 Å². The first-order valence-electron chi connectivity index (χ1n) is 6.73. The molecule has 1 unspecified atom stereocenters. The highest BCUT2D eigenvalue weighted by molar-refractivity contribution is 5.82. The molecular weight excluding hydrogens is 242 g/mol. The third kappa shape index (κ3) is 2.45. The van der Waals surface area contributed by atoms with Crippen LogP contribution in [0.15, 0.2) is 18.2 Å². The Kier molecular flexibility index (Phi) is 3.80. The number of carbonyl (C=O) groups is 1. The van der Waals surface area contributed by atoms with E-state index < -0.39 is 11.5 Å². The van der Waals surface area contributed by atoms with Gasteiger partial charge in [0.05, 0.1) is 7.11 Å². The van der Waals surface area contributed by atoms with Crippen LogP contribution in [0.25, 0.3) is 0 Å². The van der Waals surface area contributed by atoms with E-state index in [1.807, 2.05) is 18.2 Å². The van der Waals surface area contributed by atoms with Crippen LogP contribution in [0.4, 0.5) is 0 Å². The molecule has 1 saturated carbocycles. The predicted octanol–water partition coefficient (Wildman–Crippen LogP) is 2.30. The Morgan fingerprint density at radius 2 is 2.21 bits per heavy atom. The van der Waals surface area contributed by atoms with Crippen molar-refractivity contribution in [2.75, 3.05) is 7.11 Å². The van der Waals surface area contributed by atoms with Crippen LogP contribution in [0.5, 0.6) is 5.75 Å². The average Bonchev–Trinajstić information content (AvgIpc) is 3.22. The summed E-state index contributed by atoms with van der Waals surface area (Å²) in [6.07, 6.45) is 3.66. The fraction of sp³-hybridized carbons (Fsp3) is 0.533. The average molecular weight is 263 g/mol. The van der Waals surface area contributed by atoms with Crippen LogP contribution in [0, 0.1) is 5.92 Å². The third-order valence-electron chi connectivity index (χ3n) is 3.82. The van der Waals surface area contributed by atoms with Crippen LogP contribution in [0.2, 0.25) is 0 Å². The summed E-state index contributed by atoms with van der Waals surface area (Å²) in [5.41, 5.74) is 6.62. The van der Waals surface area contributed by atoms with Gasteiger partial charge in [-0.05, 0) is 42.9 Å². The molecule has 4 heteroatoms. The summed E-state index contributed by atoms with van der Waals surface area (Å²) in [6, 6.07) is 5.70. The van der Waals surface area contributed by atoms with Gasteiger partial charge in [-0.2, -0.15) is 0 Å². The van der Waals surface area contributed by atoms with Crippen LogP contribution in [-0.4, -0.2) is 18.2 Å². The monoisotopic (exact) mass is 263 g/mol. The van der Waals surface area contributed by atoms with Gasteiger partial charge in [-0.15, -0.1) is 0 Å². The van der Waals surface area contributed by atoms with Crippen molar-refractivity contribution in [3.05, 3.63) is 29.3 Å². The Bertz CT molecular complexity index is 482. The molecule has 1 aliphatic rings. The van der Waals surface area contributed by atoms with Crippen molar-refractivity contribution in [2.45, 2.75) is 38.1 Å². The minimum absolute atomic E-state index is 0.00998. The smallest absolute Gasteiger partial charge is 0.328 e. The van der Waals surface area contributed by atoms with Gasteiger partial charge in [0.25, 0.3) is 0 Å². The van der Waals surface area contributed by atoms with E-state index >= 15 is 0 Å². The number of carboxylic acid groups (broad SMARTS) is 1. The molecule has 104 valence electrons. The van der Waals surface area contributed by atoms with Crippen molar-refractivity contribution >= 4 is 5.97 Å². The first kappa shape index (κ1) is 13.9. The van der Waals surface area contributed by atoms with Gasteiger partial charge >= 0.3 is 5.97 Å². The molecule has 19 heavy (non-hydrogen) atoms. The Hall–Kier alpha value is -1.55. The Morgan fingerprint density at radius 1 is 1.53 bits per heavy atom. The second-order valence-corrected chi connectivity index (χ2v) is 5.23. The highest BCUT2D eigenvalue weighted by Gasteiger charge is 2.51. The minimum Gasteiger partial charge on any atom is -0.496 e. The molecule has 2 rings (SSSR count). The number of methoxy groups -OCH3 is 1. The van der Waals surface area contributed by atoms with E-state index in [2.05, 4.69) is 6.92 Å². The van der Waals surface area contributed by atoms with Crippen LogP contribution >= 0.6 is 0 Å². The molecule has 3 N–H and O–H groups in total. The lowest BCUT2D eigenvalue weighted by molar-refractivity contribution is -0.144. The molecule has 0 heterocycles. The maximum Gasteiger partial charge on any atom is 0.328 e. The molecule has 0 bridgehead atoms. The van der Waals surface area contributed by atoms with Gasteiger partial charge in [0, 0.05) is 5.56 Å². The summed E-state index contributed by atoms with van der Waals surface area (Å²) in [6.45, 7) is 2.09. The summed E-state index contributed by atoms with van der Waals surface area (Å²) >= 11 is 0. The highest BCUT2D eigenvalue weighted by Crippen LogP contribution is 2.47. The molecule has 1 aliphatic carbocycles. The van der Waals surface area contributed by atoms with E-state index in [0.29, 0.717) is 11.3 Å². The lowest BCUT2D eigenvalue weighted by atomic mass is 9.84. The maximum absolute atomic E-state index is 11.7. The van der Waals surface area contributed by atoms with Gasteiger partial charge in [-0.1, -0.05) is 19.4 Å². The van der Waals surface area contributed by atoms with Crippen molar-refractivity contribution < 1.29 is 14.6 Å². The number of benzene rings is 1. The molecule has 1 aromatic rings. The fourth-order valence-electron chi connectivity index (χ4n) is 2.57. The number of carboxylic acids is 1. The highest BCUT2D eigenvalue weighted by atomic mass is 16.5. The van der Waals surface area contributed by atoms with Crippen molar-refractivity contribution in [1.82, 2.24) is 0 Å². The number of hydrogen-bond acceptors (Lipinski definition) is 3. The van der Waals surface area contributed by atoms with Gasteiger partial charge in [0.15, 0.2) is 0 Å². The largest absolute Gasteiger partial charge is 0.496 e. The summed E-state index contributed by atoms with van der Waals surface area (Å²) in [5, 5.41) is 9.56. The Labute approximate surface area is 113 Å². The molecule has 1 fully saturated rings. The number of nitrogens with two attached hydrogens (primary N) is 1. The molecule has 1 aromatic carbocycles. The summed E-state index contributed by atoms with van der Waals surface area (Å²) < 4.78 is 5.31. The fourth-order valence-corrected chi connectivity index (χ4v) is 2.57. The zero-order chi connectivity index (χ0) is 14.0. The molecule has 4 nitrogen and oxygen atoms in total. The molecule has 0 aliphatic heterocycles. The summed E-state index contributed by atoms with van der Waals surface area (Å²) in [4.78, 5) is 11.7. The maximum atomic E-state index is 11.7. The molecule has 0 amide bonds. The zero-order valence-corrected chi connectivity index (χ0v) is 11.5. The van der Waals surface area contributed by atoms with Crippen molar-refractivity contribution in [3.8, 4) is 5.75 Å². The topological polar surface area (TPSA) is 72.5 Å². The molecule has 1 atom stereocenters. The van der Waals surface area contributed by atoms with Gasteiger partial charge in [-0.25, -0.2) is 4.79 Å². The van der Waals surface area contributed by atoms with E-state index in [1.54, 1.807) is 7.11 Å². The number of hydrogen-bond donors (Lipinski definition) is 2. The van der Waals surface area contributed by atoms with E-state index in [4.69, 9.17) is 10.5 Å². The van der Waals surface area contributed by atoms with Gasteiger partial charge in [-0.3, -0.25) is 0 Å². The molecular formula is C15H21NO3. The van der Waals surface area contributed by atoms with Gasteiger partial charge in [0.1, 0.15) is 11.3 Å². The third-order valence-corrected chi connectivity index (χ3v) is 3.82. The van der Waals surface area contributed by atoms with Gasteiger partial charge in [0.2, 0.25) is 0 Å². The Balaban J connectivity index is 2.50. The first-order chi connectivity index (χ1) is 9.03. The summed E-state index contributed by atoms with van der Waals surface area (Å²) in [5.74, 6) is -0.394. The molecule has 0 aromatic heterocycles. The molecule has 0 saturated heterocycles. The molecule has 0 radical (unpaired) electrons. The normalized spacial score (nSPS) is 17.8. The van der Waals surface area contributed by atoms with Gasteiger partial charge < -0.3 is 15.6 Å². The van der Waals surface area contributed by atoms with Crippen molar-refractivity contribution in [1.29, 1.82) is 0 Å². The second kappa shape index (κ2) is 5.21. The van der Waals surface area contributed by atoms with Crippen molar-refractivity contribution in [2.24, 2.45) is 11.7 Å². The first-order valence-corrected chi connectivity index (χ1v) is 6.73. The second-order valence-electron chi connectivity index (χ2n) is 5.23. The predicted molar refractivity (Wildman–Crippen MR) is 73.2 cm³/mol. The lowest BCUT2D eigenvalue weighted by Crippen LogP contribution is -2.47. The van der Waals surface area contributed by atoms with Crippen molar-refractivity contribution in [3.63, 3.8) is 0 Å². The Morgan fingerprint density at radius 3 is 2.68 bits per heavy atom. The lowest BCUT2D eigenvalue weighted by Gasteiger charge is -2.27. The summed E-state index contributed by atoms with van der Waals surface area (Å²) in [7, 11) is 1.55. The standard InChI is InChI=1S/C15H21NO3/c1-3-4-10-5-8-13(19-2)12(9-10)15(16,14(17)18)11-6-7-11/h5,8-9,11H,3-4,6-7,16H2,1-2H3,(H,17,18). The number of ether oxygens (including phenoxy) is 1. The van der Waals surface area contributed by atoms with Crippen LogP contribution in [0.1, 0.15) is 37.3 Å². The van der Waals surface area contributed by atoms with Crippen LogP contribution in [-0.2, 0) is 16.8 Å². The number of aryl methyl sites for hydroxylation is 1. The zero-order valence-electron chi connectivity index (χ0n) is 11.5. The quantitative estimate of drug-likeness (QED) is 0.826. The number of rotatable bonds is 6. The van der Waals surface area contributed by atoms with E-state index in [1.165, 1.54) is 0 Å². The molecule has 0 spiro atoms. The van der Waals surface area contributed by atoms with E-state index in [-0.39, 0.29) is 5.92 Å².